The summed E-state index contributed by atoms with van der Waals surface area (Å²) in [5.74, 6) is -1.36. The topological polar surface area (TPSA) is 72.5 Å². The molecule has 0 fully saturated rings. The molecule has 0 saturated heterocycles. The number of hydrogen-bond donors (Lipinski definition) is 1. The van der Waals surface area contributed by atoms with Crippen LogP contribution in [0.1, 0.15) is 24.5 Å². The average molecular weight is 407 g/mol. The highest BCUT2D eigenvalue weighted by molar-refractivity contribution is 7.90. The maximum Gasteiger partial charge on any atom is 0.416 e. The van der Waals surface area contributed by atoms with Gasteiger partial charge in [-0.05, 0) is 18.6 Å². The lowest BCUT2D eigenvalue weighted by Gasteiger charge is -2.20. The minimum atomic E-state index is -5.27. The summed E-state index contributed by atoms with van der Waals surface area (Å²) in [6.45, 7) is 0.295. The molecule has 1 aromatic rings. The summed E-state index contributed by atoms with van der Waals surface area (Å²) in [5, 5.41) is -3.08. The molecule has 0 amide bonds. The lowest BCUT2D eigenvalue weighted by molar-refractivity contribution is -0.155. The van der Waals surface area contributed by atoms with E-state index in [-0.39, 0.29) is 12.2 Å². The molecule has 0 saturated carbocycles. The Morgan fingerprint density at radius 1 is 1.19 bits per heavy atom. The highest BCUT2D eigenvalue weighted by atomic mass is 32.2. The molecular weight excluding hydrogens is 392 g/mol. The van der Waals surface area contributed by atoms with E-state index in [1.54, 1.807) is 4.72 Å². The predicted molar refractivity (Wildman–Crippen MR) is 78.3 cm³/mol. The summed E-state index contributed by atoms with van der Waals surface area (Å²) in [5.41, 5.74) is -1.27. The molecule has 1 rings (SSSR count). The van der Waals surface area contributed by atoms with E-state index >= 15 is 0 Å². The van der Waals surface area contributed by atoms with E-state index in [4.69, 9.17) is 0 Å². The number of esters is 1. The highest BCUT2D eigenvalue weighted by Gasteiger charge is 2.50. The smallest absolute Gasteiger partial charge is 0.416 e. The number of carbonyl (C=O) groups excluding carboxylic acids is 1. The molecule has 0 aliphatic carbocycles. The minimum Gasteiger partial charge on any atom is -0.466 e. The molecule has 1 N–H and O–H groups in total. The van der Waals surface area contributed by atoms with Crippen LogP contribution in [0.3, 0.4) is 0 Å². The minimum absolute atomic E-state index is 0.194. The van der Waals surface area contributed by atoms with Gasteiger partial charge in [-0.1, -0.05) is 18.2 Å². The van der Waals surface area contributed by atoms with Crippen LogP contribution >= 0.6 is 0 Å². The monoisotopic (exact) mass is 407 g/mol. The average Bonchev–Trinajstić information content (AvgIpc) is 2.49. The summed E-state index contributed by atoms with van der Waals surface area (Å²) in [4.78, 5) is 11.2. The highest BCUT2D eigenvalue weighted by Crippen LogP contribution is 2.30. The number of nitrogens with one attached hydrogen (secondary N) is 1. The number of ether oxygens (including phenoxy) is 1. The number of alkyl halides is 6. The van der Waals surface area contributed by atoms with Crippen LogP contribution in [0.15, 0.2) is 24.3 Å². The Morgan fingerprint density at radius 3 is 2.31 bits per heavy atom. The van der Waals surface area contributed by atoms with Crippen molar-refractivity contribution in [2.24, 2.45) is 0 Å². The van der Waals surface area contributed by atoms with Crippen LogP contribution < -0.4 is 4.72 Å². The zero-order valence-electron chi connectivity index (χ0n) is 13.3. The van der Waals surface area contributed by atoms with Gasteiger partial charge in [-0.2, -0.15) is 26.3 Å². The fourth-order valence-electron chi connectivity index (χ4n) is 1.91. The molecule has 148 valence electrons. The number of halogens is 6. The van der Waals surface area contributed by atoms with E-state index in [9.17, 15) is 39.6 Å². The molecule has 26 heavy (non-hydrogen) atoms. The summed E-state index contributed by atoms with van der Waals surface area (Å²) in [6, 6.07) is 3.45. The third kappa shape index (κ3) is 6.48. The first kappa shape index (κ1) is 22.2. The van der Waals surface area contributed by atoms with Gasteiger partial charge in [0.15, 0.2) is 5.25 Å². The summed E-state index contributed by atoms with van der Waals surface area (Å²) < 4.78 is 107. The van der Waals surface area contributed by atoms with Crippen LogP contribution in [0.4, 0.5) is 26.3 Å². The predicted octanol–water partition coefficient (Wildman–Crippen LogP) is 3.01. The van der Waals surface area contributed by atoms with Crippen molar-refractivity contribution in [1.29, 1.82) is 0 Å². The van der Waals surface area contributed by atoms with E-state index in [2.05, 4.69) is 4.74 Å². The first-order valence-electron chi connectivity index (χ1n) is 7.14. The van der Waals surface area contributed by atoms with Gasteiger partial charge in [-0.25, -0.2) is 13.1 Å². The van der Waals surface area contributed by atoms with Gasteiger partial charge in [0.05, 0.1) is 18.6 Å². The second-order valence-electron chi connectivity index (χ2n) is 5.10. The quantitative estimate of drug-likeness (QED) is 0.557. The number of rotatable bonds is 7. The molecule has 0 bridgehead atoms. The van der Waals surface area contributed by atoms with Gasteiger partial charge in [0.1, 0.15) is 0 Å². The van der Waals surface area contributed by atoms with Gasteiger partial charge in [0.2, 0.25) is 10.0 Å². The Bertz CT molecular complexity index is 730. The van der Waals surface area contributed by atoms with Crippen LogP contribution in [0, 0.1) is 0 Å². The molecule has 5 nitrogen and oxygen atoms in total. The van der Waals surface area contributed by atoms with Crippen molar-refractivity contribution in [1.82, 2.24) is 4.72 Å². The lowest BCUT2D eigenvalue weighted by atomic mass is 10.1. The Labute approximate surface area is 145 Å². The maximum atomic E-state index is 13.0. The van der Waals surface area contributed by atoms with Crippen LogP contribution in [0.5, 0.6) is 0 Å². The van der Waals surface area contributed by atoms with E-state index < -0.39 is 52.1 Å². The van der Waals surface area contributed by atoms with Crippen molar-refractivity contribution in [3.05, 3.63) is 35.4 Å². The molecule has 1 aromatic carbocycles. The van der Waals surface area contributed by atoms with Crippen molar-refractivity contribution in [3.8, 4) is 0 Å². The van der Waals surface area contributed by atoms with Crippen molar-refractivity contribution in [2.45, 2.75) is 37.5 Å². The fraction of sp³-hybridized carbons (Fsp3) is 0.500. The van der Waals surface area contributed by atoms with Gasteiger partial charge >= 0.3 is 18.3 Å². The third-order valence-corrected chi connectivity index (χ3v) is 4.86. The second-order valence-corrected chi connectivity index (χ2v) is 7.05. The summed E-state index contributed by atoms with van der Waals surface area (Å²) >= 11 is 0. The number of sulfonamides is 1. The van der Waals surface area contributed by atoms with Crippen molar-refractivity contribution in [3.63, 3.8) is 0 Å². The lowest BCUT2D eigenvalue weighted by Crippen LogP contribution is -2.45. The molecular formula is C14H15F6NO4S. The largest absolute Gasteiger partial charge is 0.466 e. The molecule has 0 aliphatic rings. The number of hydrogen-bond acceptors (Lipinski definition) is 4. The Morgan fingerprint density at radius 2 is 1.81 bits per heavy atom. The van der Waals surface area contributed by atoms with E-state index in [1.165, 1.54) is 6.92 Å². The maximum absolute atomic E-state index is 13.0. The van der Waals surface area contributed by atoms with E-state index in [1.807, 2.05) is 0 Å². The molecule has 12 heteroatoms. The Hall–Kier alpha value is -1.82. The summed E-state index contributed by atoms with van der Waals surface area (Å²) in [6.07, 6.45) is -11.4. The first-order chi connectivity index (χ1) is 11.8. The zero-order chi connectivity index (χ0) is 20.2. The van der Waals surface area contributed by atoms with Gasteiger partial charge in [0.25, 0.3) is 0 Å². The molecule has 0 radical (unpaired) electrons. The number of carbonyl (C=O) groups is 1. The van der Waals surface area contributed by atoms with Crippen molar-refractivity contribution < 1.29 is 44.3 Å². The first-order valence-corrected chi connectivity index (χ1v) is 8.69. The molecule has 0 spiro atoms. The Kier molecular flexibility index (Phi) is 7.05. The van der Waals surface area contributed by atoms with Crippen LogP contribution in [0.25, 0.3) is 0 Å². The van der Waals surface area contributed by atoms with Crippen LogP contribution in [-0.2, 0) is 32.3 Å². The Balaban J connectivity index is 2.96. The van der Waals surface area contributed by atoms with Crippen LogP contribution in [-0.4, -0.2) is 32.4 Å². The SMILES string of the molecule is CCOC(=O)C[C@H](C(F)(F)F)S(=O)(=O)NCc1cccc(C(F)(F)F)c1. The van der Waals surface area contributed by atoms with Crippen LogP contribution in [0.2, 0.25) is 0 Å². The molecule has 0 aliphatic heterocycles. The summed E-state index contributed by atoms with van der Waals surface area (Å²) in [7, 11) is -5.10. The zero-order valence-corrected chi connectivity index (χ0v) is 14.1. The normalized spacial score (nSPS) is 14.1. The third-order valence-electron chi connectivity index (χ3n) is 3.13. The number of benzene rings is 1. The van der Waals surface area contributed by atoms with E-state index in [0.29, 0.717) is 6.07 Å². The standard InChI is InChI=1S/C14H15F6NO4S/c1-2-25-12(22)7-11(14(18,19)20)26(23,24)21-8-9-4-3-5-10(6-9)13(15,16)17/h3-6,11,21H,2,7-8H2,1H3/t11-/m1/s1. The molecule has 1 atom stereocenters. The second kappa shape index (κ2) is 8.25. The van der Waals surface area contributed by atoms with E-state index in [0.717, 1.165) is 18.2 Å². The van der Waals surface area contributed by atoms with Gasteiger partial charge in [-0.3, -0.25) is 4.79 Å². The van der Waals surface area contributed by atoms with Gasteiger partial charge in [0, 0.05) is 6.54 Å². The fourth-order valence-corrected chi connectivity index (χ4v) is 3.19. The van der Waals surface area contributed by atoms with Crippen molar-refractivity contribution >= 4 is 16.0 Å². The van der Waals surface area contributed by atoms with Gasteiger partial charge < -0.3 is 4.74 Å². The molecule has 0 heterocycles. The van der Waals surface area contributed by atoms with Crippen molar-refractivity contribution in [2.75, 3.05) is 6.61 Å². The molecule has 0 aromatic heterocycles. The molecule has 0 unspecified atom stereocenters. The van der Waals surface area contributed by atoms with Gasteiger partial charge in [-0.15, -0.1) is 0 Å².